The molecule has 0 spiro atoms. The quantitative estimate of drug-likeness (QED) is 0.666. The van der Waals surface area contributed by atoms with Crippen LogP contribution >= 0.6 is 15.9 Å². The van der Waals surface area contributed by atoms with E-state index in [2.05, 4.69) is 21.9 Å². The molecule has 1 N–H and O–H groups in total. The summed E-state index contributed by atoms with van der Waals surface area (Å²) in [5.74, 6) is 1.93. The minimum Gasteiger partial charge on any atom is -0.460 e. The Morgan fingerprint density at radius 1 is 1.43 bits per heavy atom. The van der Waals surface area contributed by atoms with E-state index in [-0.39, 0.29) is 12.4 Å². The fourth-order valence-electron chi connectivity index (χ4n) is 2.06. The van der Waals surface area contributed by atoms with Crippen LogP contribution in [0.2, 0.25) is 0 Å². The molecule has 0 aliphatic rings. The number of carbonyl (C=O) groups excluding carboxylic acids is 1. The number of aliphatic hydroxyl groups excluding tert-OH is 1. The topological polar surface area (TPSA) is 46.5 Å². The summed E-state index contributed by atoms with van der Waals surface area (Å²) in [5.41, 5.74) is -0.690. The van der Waals surface area contributed by atoms with Gasteiger partial charge in [-0.15, -0.1) is 6.42 Å². The predicted molar refractivity (Wildman–Crippen MR) is 86.8 cm³/mol. The zero-order chi connectivity index (χ0) is 16.3. The standard InChI is InChI=1S/C17H21BrO3/c1-6-14(19)17(5,11-15(20)21-16(2,3)4)12-8-7-9-13(18)10-12/h1,7-10,14,19H,11H2,2-5H3. The fourth-order valence-corrected chi connectivity index (χ4v) is 2.46. The highest BCUT2D eigenvalue weighted by atomic mass is 79.9. The van der Waals surface area contributed by atoms with Gasteiger partial charge in [0.25, 0.3) is 0 Å². The van der Waals surface area contributed by atoms with E-state index in [4.69, 9.17) is 11.2 Å². The van der Waals surface area contributed by atoms with Crippen molar-refractivity contribution in [2.24, 2.45) is 0 Å². The number of aliphatic hydroxyl groups is 1. The molecule has 2 unspecified atom stereocenters. The molecule has 0 bridgehead atoms. The van der Waals surface area contributed by atoms with E-state index in [9.17, 15) is 9.90 Å². The van der Waals surface area contributed by atoms with Crippen LogP contribution in [-0.4, -0.2) is 22.8 Å². The highest BCUT2D eigenvalue weighted by Crippen LogP contribution is 2.34. The number of halogens is 1. The summed E-state index contributed by atoms with van der Waals surface area (Å²) in [4.78, 5) is 12.1. The summed E-state index contributed by atoms with van der Waals surface area (Å²) in [5, 5.41) is 10.2. The lowest BCUT2D eigenvalue weighted by atomic mass is 9.75. The minimum absolute atomic E-state index is 0.00604. The Balaban J connectivity index is 3.12. The molecule has 21 heavy (non-hydrogen) atoms. The number of hydrogen-bond donors (Lipinski definition) is 1. The van der Waals surface area contributed by atoms with E-state index < -0.39 is 17.1 Å². The Morgan fingerprint density at radius 2 is 2.05 bits per heavy atom. The number of hydrogen-bond acceptors (Lipinski definition) is 3. The minimum atomic E-state index is -1.08. The zero-order valence-corrected chi connectivity index (χ0v) is 14.4. The summed E-state index contributed by atoms with van der Waals surface area (Å²) in [6, 6.07) is 7.41. The molecule has 0 heterocycles. The third-order valence-corrected chi connectivity index (χ3v) is 3.67. The molecule has 3 nitrogen and oxygen atoms in total. The van der Waals surface area contributed by atoms with Gasteiger partial charge in [-0.3, -0.25) is 4.79 Å². The summed E-state index contributed by atoms with van der Waals surface area (Å²) in [7, 11) is 0. The molecular weight excluding hydrogens is 332 g/mol. The van der Waals surface area contributed by atoms with Crippen molar-refractivity contribution in [3.05, 3.63) is 34.3 Å². The van der Waals surface area contributed by atoms with Crippen molar-refractivity contribution in [1.29, 1.82) is 0 Å². The summed E-state index contributed by atoms with van der Waals surface area (Å²) in [6.45, 7) is 7.18. The first kappa shape index (κ1) is 17.7. The highest BCUT2D eigenvalue weighted by molar-refractivity contribution is 9.10. The average Bonchev–Trinajstić information content (AvgIpc) is 2.35. The molecule has 1 rings (SSSR count). The molecular formula is C17H21BrO3. The monoisotopic (exact) mass is 352 g/mol. The Hall–Kier alpha value is -1.31. The van der Waals surface area contributed by atoms with Gasteiger partial charge < -0.3 is 9.84 Å². The van der Waals surface area contributed by atoms with Gasteiger partial charge in [-0.05, 0) is 38.5 Å². The summed E-state index contributed by atoms with van der Waals surface area (Å²) in [6.07, 6.45) is 4.29. The van der Waals surface area contributed by atoms with E-state index >= 15 is 0 Å². The molecule has 0 aliphatic heterocycles. The Bertz CT molecular complexity index is 554. The molecule has 1 aromatic carbocycles. The van der Waals surface area contributed by atoms with Gasteiger partial charge in [-0.2, -0.15) is 0 Å². The first-order valence-electron chi connectivity index (χ1n) is 6.70. The second-order valence-corrected chi connectivity index (χ2v) is 7.18. The van der Waals surface area contributed by atoms with Gasteiger partial charge in [0, 0.05) is 9.89 Å². The highest BCUT2D eigenvalue weighted by Gasteiger charge is 2.38. The van der Waals surface area contributed by atoms with Crippen molar-refractivity contribution in [3.63, 3.8) is 0 Å². The van der Waals surface area contributed by atoms with Crippen LogP contribution in [0.4, 0.5) is 0 Å². The van der Waals surface area contributed by atoms with Crippen molar-refractivity contribution in [2.45, 2.75) is 51.2 Å². The van der Waals surface area contributed by atoms with Gasteiger partial charge in [0.15, 0.2) is 0 Å². The molecule has 4 heteroatoms. The molecule has 0 radical (unpaired) electrons. The lowest BCUT2D eigenvalue weighted by molar-refractivity contribution is -0.157. The smallest absolute Gasteiger partial charge is 0.307 e. The summed E-state index contributed by atoms with van der Waals surface area (Å²) < 4.78 is 6.21. The van der Waals surface area contributed by atoms with Gasteiger partial charge >= 0.3 is 5.97 Å². The maximum atomic E-state index is 12.1. The van der Waals surface area contributed by atoms with Crippen LogP contribution in [0, 0.1) is 12.3 Å². The zero-order valence-electron chi connectivity index (χ0n) is 12.8. The number of terminal acetylenes is 1. The van der Waals surface area contributed by atoms with Crippen molar-refractivity contribution in [1.82, 2.24) is 0 Å². The van der Waals surface area contributed by atoms with E-state index in [1.54, 1.807) is 27.7 Å². The lowest BCUT2D eigenvalue weighted by Gasteiger charge is -2.33. The normalized spacial score (nSPS) is 15.7. The second kappa shape index (κ2) is 6.64. The molecule has 114 valence electrons. The Kier molecular flexibility index (Phi) is 5.61. The van der Waals surface area contributed by atoms with E-state index in [1.807, 2.05) is 24.3 Å². The maximum Gasteiger partial charge on any atom is 0.307 e. The van der Waals surface area contributed by atoms with Gasteiger partial charge in [0.05, 0.1) is 6.42 Å². The third kappa shape index (κ3) is 4.87. The first-order chi connectivity index (χ1) is 9.58. The molecule has 2 atom stereocenters. The number of benzene rings is 1. The predicted octanol–water partition coefficient (Wildman–Crippen LogP) is 3.43. The molecule has 1 aromatic rings. The van der Waals surface area contributed by atoms with E-state index in [0.717, 1.165) is 10.0 Å². The second-order valence-electron chi connectivity index (χ2n) is 6.26. The van der Waals surface area contributed by atoms with Gasteiger partial charge in [0.1, 0.15) is 11.7 Å². The van der Waals surface area contributed by atoms with Gasteiger partial charge in [-0.25, -0.2) is 0 Å². The first-order valence-corrected chi connectivity index (χ1v) is 7.50. The van der Waals surface area contributed by atoms with Crippen LogP contribution in [0.15, 0.2) is 28.7 Å². The van der Waals surface area contributed by atoms with Crippen molar-refractivity contribution >= 4 is 21.9 Å². The number of carbonyl (C=O) groups is 1. The number of esters is 1. The Morgan fingerprint density at radius 3 is 2.52 bits per heavy atom. The summed E-state index contributed by atoms with van der Waals surface area (Å²) >= 11 is 3.39. The molecule has 0 aromatic heterocycles. The SMILES string of the molecule is C#CC(O)C(C)(CC(=O)OC(C)(C)C)c1cccc(Br)c1. The van der Waals surface area contributed by atoms with Crippen LogP contribution in [-0.2, 0) is 14.9 Å². The molecule has 0 amide bonds. The van der Waals surface area contributed by atoms with Crippen molar-refractivity contribution in [2.75, 3.05) is 0 Å². The maximum absolute atomic E-state index is 12.1. The largest absolute Gasteiger partial charge is 0.460 e. The van der Waals surface area contributed by atoms with Crippen molar-refractivity contribution < 1.29 is 14.6 Å². The lowest BCUT2D eigenvalue weighted by Crippen LogP contribution is -2.39. The van der Waals surface area contributed by atoms with Crippen LogP contribution in [0.25, 0.3) is 0 Å². The molecule has 0 saturated heterocycles. The molecule has 0 fully saturated rings. The van der Waals surface area contributed by atoms with Crippen LogP contribution in [0.1, 0.15) is 39.7 Å². The third-order valence-electron chi connectivity index (χ3n) is 3.18. The Labute approximate surface area is 134 Å². The number of ether oxygens (including phenoxy) is 1. The van der Waals surface area contributed by atoms with Crippen molar-refractivity contribution in [3.8, 4) is 12.3 Å². The van der Waals surface area contributed by atoms with Crippen LogP contribution in [0.5, 0.6) is 0 Å². The molecule has 0 aliphatic carbocycles. The number of rotatable bonds is 4. The van der Waals surface area contributed by atoms with Crippen LogP contribution in [0.3, 0.4) is 0 Å². The van der Waals surface area contributed by atoms with E-state index in [1.165, 1.54) is 0 Å². The van der Waals surface area contributed by atoms with Crippen LogP contribution < -0.4 is 0 Å². The van der Waals surface area contributed by atoms with Gasteiger partial charge in [0.2, 0.25) is 0 Å². The average molecular weight is 353 g/mol. The van der Waals surface area contributed by atoms with Gasteiger partial charge in [-0.1, -0.05) is 40.9 Å². The fraction of sp³-hybridized carbons (Fsp3) is 0.471. The molecule has 0 saturated carbocycles. The van der Waals surface area contributed by atoms with E-state index in [0.29, 0.717) is 0 Å².